The molecule has 3 heteroatoms. The predicted octanol–water partition coefficient (Wildman–Crippen LogP) is 0.949. The van der Waals surface area contributed by atoms with E-state index in [0.717, 1.165) is 19.2 Å². The molecule has 60 valence electrons. The van der Waals surface area contributed by atoms with Gasteiger partial charge in [-0.1, -0.05) is 0 Å². The highest BCUT2D eigenvalue weighted by atomic mass is 35.5. The molecule has 3 rings (SSSR count). The molecular formula is C7H14ClNO. The molecule has 0 atom stereocenters. The van der Waals surface area contributed by atoms with Crippen molar-refractivity contribution in [1.29, 1.82) is 0 Å². The molecule has 2 aliphatic heterocycles. The van der Waals surface area contributed by atoms with Gasteiger partial charge in [-0.15, -0.1) is 12.4 Å². The van der Waals surface area contributed by atoms with Crippen LogP contribution in [0.4, 0.5) is 0 Å². The van der Waals surface area contributed by atoms with Crippen LogP contribution >= 0.6 is 12.4 Å². The molecule has 3 fully saturated rings. The predicted molar refractivity (Wildman–Crippen MR) is 42.6 cm³/mol. The van der Waals surface area contributed by atoms with Crippen LogP contribution in [0.2, 0.25) is 0 Å². The monoisotopic (exact) mass is 163 g/mol. The molecule has 1 aliphatic carbocycles. The van der Waals surface area contributed by atoms with Crippen LogP contribution in [0.5, 0.6) is 0 Å². The molecule has 2 nitrogen and oxygen atoms in total. The van der Waals surface area contributed by atoms with Crippen LogP contribution in [-0.2, 0) is 4.74 Å². The molecule has 2 saturated heterocycles. The SMILES string of the molecule is CCOC12CNC(C1)C2.Cl. The minimum Gasteiger partial charge on any atom is -0.374 e. The van der Waals surface area contributed by atoms with Gasteiger partial charge in [-0.2, -0.15) is 0 Å². The van der Waals surface area contributed by atoms with E-state index in [1.807, 2.05) is 0 Å². The Balaban J connectivity index is 0.000000500. The summed E-state index contributed by atoms with van der Waals surface area (Å²) in [6, 6.07) is 0.788. The standard InChI is InChI=1S/C7H13NO.ClH/c1-2-9-7-3-6(4-7)8-5-7;/h6,8H,2-5H2,1H3;1H. The zero-order chi connectivity index (χ0) is 6.32. The summed E-state index contributed by atoms with van der Waals surface area (Å²) in [6.07, 6.45) is 2.50. The number of ether oxygens (including phenoxy) is 1. The van der Waals surface area contributed by atoms with E-state index >= 15 is 0 Å². The van der Waals surface area contributed by atoms with E-state index in [1.165, 1.54) is 12.8 Å². The second-order valence-electron chi connectivity index (χ2n) is 3.10. The molecule has 2 bridgehead atoms. The topological polar surface area (TPSA) is 21.3 Å². The summed E-state index contributed by atoms with van der Waals surface area (Å²) in [7, 11) is 0. The Morgan fingerprint density at radius 1 is 1.60 bits per heavy atom. The van der Waals surface area contributed by atoms with Crippen molar-refractivity contribution < 1.29 is 4.74 Å². The summed E-state index contributed by atoms with van der Waals surface area (Å²) in [5.74, 6) is 0. The van der Waals surface area contributed by atoms with Gasteiger partial charge in [-0.3, -0.25) is 0 Å². The molecule has 3 aliphatic rings. The largest absolute Gasteiger partial charge is 0.374 e. The van der Waals surface area contributed by atoms with Crippen LogP contribution in [0.1, 0.15) is 19.8 Å². The van der Waals surface area contributed by atoms with Crippen LogP contribution in [0.3, 0.4) is 0 Å². The molecule has 0 radical (unpaired) electrons. The lowest BCUT2D eigenvalue weighted by Gasteiger charge is -2.36. The fourth-order valence-electron chi connectivity index (χ4n) is 1.93. The van der Waals surface area contributed by atoms with E-state index in [0.29, 0.717) is 0 Å². The van der Waals surface area contributed by atoms with Crippen molar-refractivity contribution in [2.75, 3.05) is 13.2 Å². The van der Waals surface area contributed by atoms with Crippen LogP contribution < -0.4 is 5.32 Å². The molecule has 10 heavy (non-hydrogen) atoms. The maximum atomic E-state index is 5.59. The normalized spacial score (nSPS) is 42.3. The van der Waals surface area contributed by atoms with Gasteiger partial charge < -0.3 is 10.1 Å². The molecule has 0 amide bonds. The van der Waals surface area contributed by atoms with Gasteiger partial charge in [0, 0.05) is 19.2 Å². The first kappa shape index (κ1) is 8.31. The van der Waals surface area contributed by atoms with Gasteiger partial charge in [-0.05, 0) is 19.8 Å². The molecule has 1 saturated carbocycles. The summed E-state index contributed by atoms with van der Waals surface area (Å²) < 4.78 is 5.59. The minimum atomic E-state index is 0. The Kier molecular flexibility index (Phi) is 2.23. The van der Waals surface area contributed by atoms with Crippen molar-refractivity contribution in [2.45, 2.75) is 31.4 Å². The molecule has 0 unspecified atom stereocenters. The smallest absolute Gasteiger partial charge is 0.0835 e. The van der Waals surface area contributed by atoms with E-state index in [9.17, 15) is 0 Å². The van der Waals surface area contributed by atoms with Crippen molar-refractivity contribution in [1.82, 2.24) is 5.32 Å². The second kappa shape index (κ2) is 2.68. The second-order valence-corrected chi connectivity index (χ2v) is 3.10. The Morgan fingerprint density at radius 2 is 2.30 bits per heavy atom. The Bertz CT molecular complexity index is 117. The summed E-state index contributed by atoms with van der Waals surface area (Å²) in [4.78, 5) is 0. The molecule has 0 aromatic carbocycles. The van der Waals surface area contributed by atoms with Crippen molar-refractivity contribution in [3.63, 3.8) is 0 Å². The summed E-state index contributed by atoms with van der Waals surface area (Å²) in [5.41, 5.74) is 0.277. The number of nitrogens with one attached hydrogen (secondary N) is 1. The van der Waals surface area contributed by atoms with E-state index in [1.54, 1.807) is 0 Å². The fraction of sp³-hybridized carbons (Fsp3) is 1.00. The summed E-state index contributed by atoms with van der Waals surface area (Å²) >= 11 is 0. The average Bonchev–Trinajstić information content (AvgIpc) is 2.22. The summed E-state index contributed by atoms with van der Waals surface area (Å²) in [6.45, 7) is 4.03. The average molecular weight is 164 g/mol. The molecule has 0 aromatic heterocycles. The third-order valence-corrected chi connectivity index (χ3v) is 2.40. The molecular weight excluding hydrogens is 150 g/mol. The third-order valence-electron chi connectivity index (χ3n) is 2.40. The van der Waals surface area contributed by atoms with Gasteiger partial charge in [0.2, 0.25) is 0 Å². The Labute approximate surface area is 67.7 Å². The number of halogens is 1. The van der Waals surface area contributed by atoms with E-state index in [2.05, 4.69) is 12.2 Å². The van der Waals surface area contributed by atoms with Crippen molar-refractivity contribution in [2.24, 2.45) is 0 Å². The lowest BCUT2D eigenvalue weighted by atomic mass is 9.81. The van der Waals surface area contributed by atoms with E-state index < -0.39 is 0 Å². The number of hydrogen-bond acceptors (Lipinski definition) is 2. The third kappa shape index (κ3) is 1.04. The van der Waals surface area contributed by atoms with Gasteiger partial charge in [0.15, 0.2) is 0 Å². The van der Waals surface area contributed by atoms with Gasteiger partial charge in [0.25, 0.3) is 0 Å². The van der Waals surface area contributed by atoms with E-state index in [4.69, 9.17) is 4.74 Å². The van der Waals surface area contributed by atoms with Crippen LogP contribution in [-0.4, -0.2) is 24.8 Å². The highest BCUT2D eigenvalue weighted by Crippen LogP contribution is 2.40. The minimum absolute atomic E-state index is 0. The zero-order valence-electron chi connectivity index (χ0n) is 6.22. The van der Waals surface area contributed by atoms with E-state index in [-0.39, 0.29) is 18.0 Å². The van der Waals surface area contributed by atoms with Crippen LogP contribution in [0.25, 0.3) is 0 Å². The van der Waals surface area contributed by atoms with Crippen LogP contribution in [0.15, 0.2) is 0 Å². The lowest BCUT2D eigenvalue weighted by Crippen LogP contribution is -2.42. The van der Waals surface area contributed by atoms with Gasteiger partial charge >= 0.3 is 0 Å². The maximum absolute atomic E-state index is 5.59. The highest BCUT2D eigenvalue weighted by Gasteiger charge is 2.50. The number of fused-ring (bicyclic) bond motifs is 1. The Hall–Kier alpha value is 0.210. The first-order valence-electron chi connectivity index (χ1n) is 3.72. The lowest BCUT2D eigenvalue weighted by molar-refractivity contribution is -0.0621. The van der Waals surface area contributed by atoms with Gasteiger partial charge in [-0.25, -0.2) is 0 Å². The number of rotatable bonds is 2. The quantitative estimate of drug-likeness (QED) is 0.655. The van der Waals surface area contributed by atoms with Crippen molar-refractivity contribution in [3.05, 3.63) is 0 Å². The highest BCUT2D eigenvalue weighted by molar-refractivity contribution is 5.85. The van der Waals surface area contributed by atoms with Crippen LogP contribution in [0, 0.1) is 0 Å². The first-order chi connectivity index (χ1) is 4.35. The molecule has 0 aromatic rings. The zero-order valence-corrected chi connectivity index (χ0v) is 7.04. The van der Waals surface area contributed by atoms with Crippen molar-refractivity contribution in [3.8, 4) is 0 Å². The fourth-order valence-corrected chi connectivity index (χ4v) is 1.93. The maximum Gasteiger partial charge on any atom is 0.0835 e. The first-order valence-corrected chi connectivity index (χ1v) is 3.72. The molecule has 0 spiro atoms. The number of hydrogen-bond donors (Lipinski definition) is 1. The molecule has 1 N–H and O–H groups in total. The van der Waals surface area contributed by atoms with Crippen molar-refractivity contribution >= 4 is 12.4 Å². The van der Waals surface area contributed by atoms with Gasteiger partial charge in [0.1, 0.15) is 0 Å². The van der Waals surface area contributed by atoms with Gasteiger partial charge in [0.05, 0.1) is 5.60 Å². The summed E-state index contributed by atoms with van der Waals surface area (Å²) in [5, 5.41) is 3.39. The molecule has 2 heterocycles. The Morgan fingerprint density at radius 3 is 2.70 bits per heavy atom.